The molecule has 0 aliphatic carbocycles. The van der Waals surface area contributed by atoms with Crippen molar-refractivity contribution >= 4 is 17.4 Å². The largest absolute Gasteiger partial charge is 0.349 e. The summed E-state index contributed by atoms with van der Waals surface area (Å²) in [5.74, 6) is 0.990. The van der Waals surface area contributed by atoms with E-state index in [9.17, 15) is 4.79 Å². The zero-order valence-electron chi connectivity index (χ0n) is 13.7. The number of nitrogens with one attached hydrogen (secondary N) is 2. The second kappa shape index (κ2) is 6.56. The van der Waals surface area contributed by atoms with E-state index in [-0.39, 0.29) is 11.9 Å². The average Bonchev–Trinajstić information content (AvgIpc) is 2.41. The highest BCUT2D eigenvalue weighted by Crippen LogP contribution is 2.21. The highest BCUT2D eigenvalue weighted by atomic mass is 16.1. The molecule has 2 N–H and O–H groups in total. The Morgan fingerprint density at radius 1 is 1.09 bits per heavy atom. The minimum atomic E-state index is -0.190. The van der Waals surface area contributed by atoms with Crippen LogP contribution in [0.25, 0.3) is 0 Å². The van der Waals surface area contributed by atoms with E-state index >= 15 is 0 Å². The summed E-state index contributed by atoms with van der Waals surface area (Å²) in [7, 11) is 0. The predicted molar refractivity (Wildman–Crippen MR) is 88.6 cm³/mol. The van der Waals surface area contributed by atoms with Gasteiger partial charge >= 0.3 is 0 Å². The topological polar surface area (TPSA) is 66.9 Å². The maximum absolute atomic E-state index is 12.1. The van der Waals surface area contributed by atoms with Gasteiger partial charge in [-0.05, 0) is 51.8 Å². The molecule has 0 saturated heterocycles. The Kier molecular flexibility index (Phi) is 4.75. The van der Waals surface area contributed by atoms with Crippen LogP contribution in [0.15, 0.2) is 24.3 Å². The Bertz CT molecular complexity index is 695. The molecule has 0 fully saturated rings. The monoisotopic (exact) mass is 298 g/mol. The zero-order chi connectivity index (χ0) is 16.3. The minimum absolute atomic E-state index is 0.0678. The molecule has 0 radical (unpaired) electrons. The molecule has 1 heterocycles. The van der Waals surface area contributed by atoms with Crippen LogP contribution in [0, 0.1) is 20.8 Å². The number of amides is 1. The first-order valence-corrected chi connectivity index (χ1v) is 7.36. The number of anilines is 2. The zero-order valence-corrected chi connectivity index (χ0v) is 13.7. The Labute approximate surface area is 131 Å². The SMILES string of the molecule is Cc1ccc(C)c(Nc2cc(C(=O)NC(C)C)nc(C)n2)c1. The van der Waals surface area contributed by atoms with Crippen LogP contribution in [0.1, 0.15) is 41.3 Å². The van der Waals surface area contributed by atoms with Crippen molar-refractivity contribution in [2.24, 2.45) is 0 Å². The van der Waals surface area contributed by atoms with Crippen LogP contribution in [0.5, 0.6) is 0 Å². The third kappa shape index (κ3) is 4.04. The van der Waals surface area contributed by atoms with E-state index < -0.39 is 0 Å². The summed E-state index contributed by atoms with van der Waals surface area (Å²) in [4.78, 5) is 20.7. The highest BCUT2D eigenvalue weighted by Gasteiger charge is 2.12. The second-order valence-electron chi connectivity index (χ2n) is 5.76. The lowest BCUT2D eigenvalue weighted by Gasteiger charge is -2.12. The van der Waals surface area contributed by atoms with E-state index in [0.29, 0.717) is 17.3 Å². The van der Waals surface area contributed by atoms with Crippen molar-refractivity contribution in [3.05, 3.63) is 46.9 Å². The molecule has 0 saturated carbocycles. The van der Waals surface area contributed by atoms with Gasteiger partial charge in [0.05, 0.1) is 0 Å². The first-order valence-electron chi connectivity index (χ1n) is 7.36. The summed E-state index contributed by atoms with van der Waals surface area (Å²) in [6.07, 6.45) is 0. The van der Waals surface area contributed by atoms with Crippen LogP contribution < -0.4 is 10.6 Å². The van der Waals surface area contributed by atoms with Gasteiger partial charge < -0.3 is 10.6 Å². The van der Waals surface area contributed by atoms with Gasteiger partial charge in [-0.25, -0.2) is 9.97 Å². The maximum Gasteiger partial charge on any atom is 0.270 e. The van der Waals surface area contributed by atoms with Crippen molar-refractivity contribution in [1.82, 2.24) is 15.3 Å². The number of benzene rings is 1. The third-order valence-electron chi connectivity index (χ3n) is 3.15. The molecule has 1 aromatic carbocycles. The average molecular weight is 298 g/mol. The molecule has 116 valence electrons. The third-order valence-corrected chi connectivity index (χ3v) is 3.15. The van der Waals surface area contributed by atoms with Gasteiger partial charge in [-0.3, -0.25) is 4.79 Å². The fraction of sp³-hybridized carbons (Fsp3) is 0.353. The lowest BCUT2D eigenvalue weighted by atomic mass is 10.1. The molecule has 2 aromatic rings. The van der Waals surface area contributed by atoms with Crippen LogP contribution in [0.3, 0.4) is 0 Å². The molecular formula is C17H22N4O. The Balaban J connectivity index is 2.30. The van der Waals surface area contributed by atoms with Crippen molar-refractivity contribution in [2.75, 3.05) is 5.32 Å². The molecule has 0 aliphatic heterocycles. The standard InChI is InChI=1S/C17H22N4O/c1-10(2)18-17(22)15-9-16(20-13(5)19-15)21-14-8-11(3)6-7-12(14)4/h6-10H,1-5H3,(H,18,22)(H,19,20,21). The quantitative estimate of drug-likeness (QED) is 0.909. The maximum atomic E-state index is 12.1. The molecule has 5 heteroatoms. The van der Waals surface area contributed by atoms with Gasteiger partial charge in [-0.1, -0.05) is 12.1 Å². The minimum Gasteiger partial charge on any atom is -0.349 e. The van der Waals surface area contributed by atoms with E-state index in [1.807, 2.05) is 27.7 Å². The van der Waals surface area contributed by atoms with Crippen molar-refractivity contribution in [3.8, 4) is 0 Å². The van der Waals surface area contributed by atoms with Gasteiger partial charge in [0.25, 0.3) is 5.91 Å². The van der Waals surface area contributed by atoms with Crippen LogP contribution in [0.2, 0.25) is 0 Å². The number of aromatic nitrogens is 2. The lowest BCUT2D eigenvalue weighted by Crippen LogP contribution is -2.31. The van der Waals surface area contributed by atoms with Gasteiger partial charge in [0.1, 0.15) is 17.3 Å². The van der Waals surface area contributed by atoms with Gasteiger partial charge in [0.15, 0.2) is 0 Å². The molecule has 2 rings (SSSR count). The Morgan fingerprint density at radius 3 is 2.50 bits per heavy atom. The first-order chi connectivity index (χ1) is 10.3. The molecule has 1 amide bonds. The molecule has 0 unspecified atom stereocenters. The van der Waals surface area contributed by atoms with E-state index in [1.54, 1.807) is 13.0 Å². The predicted octanol–water partition coefficient (Wildman–Crippen LogP) is 3.28. The van der Waals surface area contributed by atoms with Crippen LogP contribution in [-0.2, 0) is 0 Å². The molecule has 22 heavy (non-hydrogen) atoms. The lowest BCUT2D eigenvalue weighted by molar-refractivity contribution is 0.0937. The fourth-order valence-corrected chi connectivity index (χ4v) is 2.09. The second-order valence-corrected chi connectivity index (χ2v) is 5.76. The molecule has 0 bridgehead atoms. The molecule has 1 aromatic heterocycles. The number of rotatable bonds is 4. The number of hydrogen-bond donors (Lipinski definition) is 2. The van der Waals surface area contributed by atoms with E-state index in [0.717, 1.165) is 16.8 Å². The molecule has 0 spiro atoms. The molecule has 0 atom stereocenters. The summed E-state index contributed by atoms with van der Waals surface area (Å²) < 4.78 is 0. The van der Waals surface area contributed by atoms with Gasteiger partial charge in [-0.2, -0.15) is 0 Å². The first kappa shape index (κ1) is 15.9. The summed E-state index contributed by atoms with van der Waals surface area (Å²) >= 11 is 0. The van der Waals surface area contributed by atoms with Crippen LogP contribution in [0.4, 0.5) is 11.5 Å². The van der Waals surface area contributed by atoms with Crippen LogP contribution >= 0.6 is 0 Å². The Morgan fingerprint density at radius 2 is 1.82 bits per heavy atom. The van der Waals surface area contributed by atoms with E-state index in [2.05, 4.69) is 38.8 Å². The van der Waals surface area contributed by atoms with Crippen molar-refractivity contribution < 1.29 is 4.79 Å². The van der Waals surface area contributed by atoms with Crippen molar-refractivity contribution in [2.45, 2.75) is 40.7 Å². The van der Waals surface area contributed by atoms with Gasteiger partial charge in [-0.15, -0.1) is 0 Å². The van der Waals surface area contributed by atoms with E-state index in [4.69, 9.17) is 0 Å². The Hall–Kier alpha value is -2.43. The van der Waals surface area contributed by atoms with E-state index in [1.165, 1.54) is 0 Å². The highest BCUT2D eigenvalue weighted by molar-refractivity contribution is 5.93. The number of aryl methyl sites for hydroxylation is 3. The number of carbonyl (C=O) groups is 1. The smallest absolute Gasteiger partial charge is 0.270 e. The fourth-order valence-electron chi connectivity index (χ4n) is 2.09. The summed E-state index contributed by atoms with van der Waals surface area (Å²) in [5, 5.41) is 6.11. The van der Waals surface area contributed by atoms with Crippen LogP contribution in [-0.4, -0.2) is 21.9 Å². The number of carbonyl (C=O) groups excluding carboxylic acids is 1. The summed E-state index contributed by atoms with van der Waals surface area (Å²) in [6, 6.07) is 7.91. The van der Waals surface area contributed by atoms with Crippen molar-refractivity contribution in [1.29, 1.82) is 0 Å². The molecular weight excluding hydrogens is 276 g/mol. The molecule has 5 nitrogen and oxygen atoms in total. The summed E-state index contributed by atoms with van der Waals surface area (Å²) in [6.45, 7) is 9.68. The van der Waals surface area contributed by atoms with Gasteiger partial charge in [0.2, 0.25) is 0 Å². The van der Waals surface area contributed by atoms with Crippen molar-refractivity contribution in [3.63, 3.8) is 0 Å². The molecule has 0 aliphatic rings. The van der Waals surface area contributed by atoms with Gasteiger partial charge in [0, 0.05) is 17.8 Å². The summed E-state index contributed by atoms with van der Waals surface area (Å²) in [5.41, 5.74) is 3.63. The normalized spacial score (nSPS) is 10.6. The number of hydrogen-bond acceptors (Lipinski definition) is 4. The number of nitrogens with zero attached hydrogens (tertiary/aromatic N) is 2.